The summed E-state index contributed by atoms with van der Waals surface area (Å²) in [5, 5.41) is 0. The summed E-state index contributed by atoms with van der Waals surface area (Å²) >= 11 is 0. The van der Waals surface area contributed by atoms with Gasteiger partial charge in [-0.1, -0.05) is 67.3 Å². The van der Waals surface area contributed by atoms with E-state index in [0.29, 0.717) is 0 Å². The van der Waals surface area contributed by atoms with Gasteiger partial charge >= 0.3 is 0 Å². The van der Waals surface area contributed by atoms with E-state index in [0.717, 1.165) is 9.52 Å². The average molecular weight is 230 g/mol. The van der Waals surface area contributed by atoms with Crippen molar-refractivity contribution in [2.75, 3.05) is 0 Å². The Morgan fingerprint density at radius 2 is 1.75 bits per heavy atom. The summed E-state index contributed by atoms with van der Waals surface area (Å²) in [6, 6.07) is 13.5. The molecule has 0 fully saturated rings. The topological polar surface area (TPSA) is 0 Å². The van der Waals surface area contributed by atoms with Crippen molar-refractivity contribution in [2.45, 2.75) is 44.2 Å². The Labute approximate surface area is 103 Å². The summed E-state index contributed by atoms with van der Waals surface area (Å²) in [4.78, 5) is 0. The molecule has 0 aliphatic rings. The fourth-order valence-electron chi connectivity index (χ4n) is 1.72. The molecule has 1 rings (SSSR count). The molecule has 0 saturated carbocycles. The van der Waals surface area contributed by atoms with Gasteiger partial charge in [-0.05, 0) is 18.9 Å². The van der Waals surface area contributed by atoms with Crippen LogP contribution in [0.4, 0.5) is 0 Å². The number of rotatable bonds is 9. The van der Waals surface area contributed by atoms with Gasteiger partial charge in [0.2, 0.25) is 0 Å². The van der Waals surface area contributed by atoms with Gasteiger partial charge < -0.3 is 0 Å². The fourth-order valence-corrected chi connectivity index (χ4v) is 2.92. The highest BCUT2D eigenvalue weighted by molar-refractivity contribution is 6.34. The van der Waals surface area contributed by atoms with Crippen molar-refractivity contribution in [1.82, 2.24) is 0 Å². The predicted octanol–water partition coefficient (Wildman–Crippen LogP) is 4.45. The fraction of sp³-hybridized carbons (Fsp3) is 0.467. The first kappa shape index (κ1) is 13.2. The molecule has 0 aromatic heterocycles. The lowest BCUT2D eigenvalue weighted by atomic mass is 10.1. The van der Waals surface area contributed by atoms with Crippen LogP contribution in [0.25, 0.3) is 0 Å². The van der Waals surface area contributed by atoms with E-state index < -0.39 is 0 Å². The van der Waals surface area contributed by atoms with Crippen LogP contribution in [0.15, 0.2) is 43.0 Å². The maximum absolute atomic E-state index is 3.74. The van der Waals surface area contributed by atoms with Crippen molar-refractivity contribution in [3.05, 3.63) is 48.6 Å². The van der Waals surface area contributed by atoms with Gasteiger partial charge in [-0.25, -0.2) is 0 Å². The van der Waals surface area contributed by atoms with Gasteiger partial charge in [0.1, 0.15) is 0 Å². The molecule has 0 heterocycles. The molecule has 1 aromatic carbocycles. The third kappa shape index (κ3) is 6.62. The molecule has 86 valence electrons. The monoisotopic (exact) mass is 230 g/mol. The SMILES string of the molecule is C=CCCCCCC[Si]Cc1ccccc1. The van der Waals surface area contributed by atoms with Crippen LogP contribution < -0.4 is 0 Å². The second-order valence-electron chi connectivity index (χ2n) is 4.15. The Morgan fingerprint density at radius 3 is 2.50 bits per heavy atom. The summed E-state index contributed by atoms with van der Waals surface area (Å²) in [6.07, 6.45) is 8.72. The first-order chi connectivity index (χ1) is 7.93. The Morgan fingerprint density at radius 1 is 1.00 bits per heavy atom. The molecule has 0 unspecified atom stereocenters. The summed E-state index contributed by atoms with van der Waals surface area (Å²) in [5.41, 5.74) is 1.49. The molecule has 0 saturated heterocycles. The van der Waals surface area contributed by atoms with Gasteiger partial charge in [0.15, 0.2) is 0 Å². The summed E-state index contributed by atoms with van der Waals surface area (Å²) in [5.74, 6) is 0. The van der Waals surface area contributed by atoms with E-state index in [-0.39, 0.29) is 0 Å². The second kappa shape index (κ2) is 9.41. The van der Waals surface area contributed by atoms with Gasteiger partial charge in [0, 0.05) is 9.52 Å². The number of hydrogen-bond acceptors (Lipinski definition) is 0. The van der Waals surface area contributed by atoms with Crippen molar-refractivity contribution in [2.24, 2.45) is 0 Å². The molecule has 0 aliphatic heterocycles. The maximum Gasteiger partial charge on any atom is 0.0428 e. The number of unbranched alkanes of at least 4 members (excludes halogenated alkanes) is 4. The predicted molar refractivity (Wildman–Crippen MR) is 74.0 cm³/mol. The number of allylic oxidation sites excluding steroid dienone is 1. The Bertz CT molecular complexity index is 266. The molecule has 16 heavy (non-hydrogen) atoms. The molecule has 0 nitrogen and oxygen atoms in total. The summed E-state index contributed by atoms with van der Waals surface area (Å²) < 4.78 is 0. The minimum Gasteiger partial charge on any atom is -0.103 e. The Balaban J connectivity index is 1.90. The summed E-state index contributed by atoms with van der Waals surface area (Å²) in [7, 11) is 1.10. The lowest BCUT2D eigenvalue weighted by Gasteiger charge is -2.01. The zero-order chi connectivity index (χ0) is 11.5. The van der Waals surface area contributed by atoms with Gasteiger partial charge in [-0.15, -0.1) is 6.58 Å². The quantitative estimate of drug-likeness (QED) is 0.334. The highest BCUT2D eigenvalue weighted by Crippen LogP contribution is 2.07. The van der Waals surface area contributed by atoms with Gasteiger partial charge in [-0.2, -0.15) is 0 Å². The molecule has 0 spiro atoms. The molecule has 1 heteroatoms. The number of benzene rings is 1. The second-order valence-corrected chi connectivity index (χ2v) is 5.51. The zero-order valence-electron chi connectivity index (χ0n) is 10.1. The first-order valence-corrected chi connectivity index (χ1v) is 7.70. The first-order valence-electron chi connectivity index (χ1n) is 6.29. The molecule has 0 N–H and O–H groups in total. The van der Waals surface area contributed by atoms with Crippen molar-refractivity contribution in [3.8, 4) is 0 Å². The molecule has 0 amide bonds. The van der Waals surface area contributed by atoms with Crippen LogP contribution in [0, 0.1) is 0 Å². The van der Waals surface area contributed by atoms with E-state index in [4.69, 9.17) is 0 Å². The van der Waals surface area contributed by atoms with Crippen LogP contribution in [-0.2, 0) is 6.04 Å². The van der Waals surface area contributed by atoms with Crippen LogP contribution in [-0.4, -0.2) is 9.52 Å². The van der Waals surface area contributed by atoms with E-state index >= 15 is 0 Å². The maximum atomic E-state index is 3.74. The molecule has 1 aromatic rings. The van der Waals surface area contributed by atoms with Crippen LogP contribution in [0.1, 0.15) is 37.7 Å². The van der Waals surface area contributed by atoms with E-state index in [1.807, 2.05) is 6.08 Å². The summed E-state index contributed by atoms with van der Waals surface area (Å²) in [6.45, 7) is 3.74. The van der Waals surface area contributed by atoms with Crippen LogP contribution in [0.2, 0.25) is 6.04 Å². The van der Waals surface area contributed by atoms with Gasteiger partial charge in [-0.3, -0.25) is 0 Å². The van der Waals surface area contributed by atoms with Crippen molar-refractivity contribution in [3.63, 3.8) is 0 Å². The van der Waals surface area contributed by atoms with Gasteiger partial charge in [0.25, 0.3) is 0 Å². The van der Waals surface area contributed by atoms with Crippen molar-refractivity contribution >= 4 is 9.52 Å². The van der Waals surface area contributed by atoms with Crippen molar-refractivity contribution < 1.29 is 0 Å². The molecular formula is C15H22Si. The number of hydrogen-bond donors (Lipinski definition) is 0. The Kier molecular flexibility index (Phi) is 7.79. The van der Waals surface area contributed by atoms with Crippen LogP contribution >= 0.6 is 0 Å². The normalized spacial score (nSPS) is 10.2. The third-order valence-electron chi connectivity index (χ3n) is 2.68. The Hall–Kier alpha value is -0.823. The highest BCUT2D eigenvalue weighted by Gasteiger charge is 1.94. The zero-order valence-corrected chi connectivity index (χ0v) is 11.1. The van der Waals surface area contributed by atoms with E-state index in [1.54, 1.807) is 0 Å². The van der Waals surface area contributed by atoms with Crippen LogP contribution in [0.5, 0.6) is 0 Å². The highest BCUT2D eigenvalue weighted by atomic mass is 28.2. The minimum atomic E-state index is 1.10. The third-order valence-corrected chi connectivity index (χ3v) is 4.05. The minimum absolute atomic E-state index is 1.10. The standard InChI is InChI=1S/C15H22Si/c1-2-3-4-5-6-10-13-16-14-15-11-8-7-9-12-15/h2,7-9,11-12H,1,3-6,10,13-14H2. The van der Waals surface area contributed by atoms with Crippen molar-refractivity contribution in [1.29, 1.82) is 0 Å². The van der Waals surface area contributed by atoms with Crippen LogP contribution in [0.3, 0.4) is 0 Å². The lowest BCUT2D eigenvalue weighted by Crippen LogP contribution is -1.96. The van der Waals surface area contributed by atoms with E-state index in [2.05, 4.69) is 36.9 Å². The molecular weight excluding hydrogens is 208 g/mol. The average Bonchev–Trinajstić information content (AvgIpc) is 2.34. The van der Waals surface area contributed by atoms with E-state index in [9.17, 15) is 0 Å². The smallest absolute Gasteiger partial charge is 0.0428 e. The molecule has 0 aliphatic carbocycles. The molecule has 2 radical (unpaired) electrons. The lowest BCUT2D eigenvalue weighted by molar-refractivity contribution is 0.673. The van der Waals surface area contributed by atoms with Gasteiger partial charge in [0.05, 0.1) is 0 Å². The largest absolute Gasteiger partial charge is 0.103 e. The van der Waals surface area contributed by atoms with E-state index in [1.165, 1.54) is 49.8 Å². The molecule has 0 atom stereocenters. The molecule has 0 bridgehead atoms.